The highest BCUT2D eigenvalue weighted by molar-refractivity contribution is 7.71. The first-order valence-electron chi connectivity index (χ1n) is 7.48. The number of hydrogen-bond acceptors (Lipinski definition) is 4. The standard InChI is InChI=1S/C19H14N2O2S/c1-22-14-8-6-12(7-9-14)15-11-16(21-19(24)20-15)18-10-13-4-2-3-5-17(13)23-18/h2-11H,1H3,(H,20,21,24). The van der Waals surface area contributed by atoms with E-state index in [2.05, 4.69) is 9.97 Å². The molecule has 2 aromatic carbocycles. The number of ether oxygens (including phenoxy) is 1. The predicted octanol–water partition coefficient (Wildman–Crippen LogP) is 5.23. The van der Waals surface area contributed by atoms with E-state index >= 15 is 0 Å². The molecule has 4 nitrogen and oxygen atoms in total. The number of nitrogens with one attached hydrogen (secondary N) is 1. The maximum Gasteiger partial charge on any atom is 0.197 e. The fourth-order valence-electron chi connectivity index (χ4n) is 2.61. The van der Waals surface area contributed by atoms with Gasteiger partial charge in [-0.1, -0.05) is 18.2 Å². The minimum absolute atomic E-state index is 0.416. The number of para-hydroxylation sites is 1. The molecule has 0 aliphatic rings. The van der Waals surface area contributed by atoms with Gasteiger partial charge in [0.15, 0.2) is 10.5 Å². The van der Waals surface area contributed by atoms with Gasteiger partial charge in [0.25, 0.3) is 0 Å². The topological polar surface area (TPSA) is 51.0 Å². The second-order valence-corrected chi connectivity index (χ2v) is 5.75. The van der Waals surface area contributed by atoms with E-state index in [1.165, 1.54) is 0 Å². The van der Waals surface area contributed by atoms with Crippen LogP contribution < -0.4 is 4.74 Å². The third-order valence-corrected chi connectivity index (χ3v) is 4.01. The Balaban J connectivity index is 1.81. The summed E-state index contributed by atoms with van der Waals surface area (Å²) in [6.07, 6.45) is 0. The molecule has 0 radical (unpaired) electrons. The van der Waals surface area contributed by atoms with Crippen LogP contribution in [0.4, 0.5) is 0 Å². The van der Waals surface area contributed by atoms with E-state index < -0.39 is 0 Å². The van der Waals surface area contributed by atoms with Crippen LogP contribution in [-0.4, -0.2) is 17.1 Å². The van der Waals surface area contributed by atoms with Crippen LogP contribution in [0.5, 0.6) is 5.75 Å². The molecule has 4 rings (SSSR count). The number of aromatic nitrogens is 2. The number of methoxy groups -OCH3 is 1. The van der Waals surface area contributed by atoms with E-state index in [4.69, 9.17) is 21.4 Å². The Kier molecular flexibility index (Phi) is 3.63. The van der Waals surface area contributed by atoms with E-state index in [0.717, 1.165) is 39.4 Å². The molecule has 0 saturated heterocycles. The molecule has 0 aliphatic heterocycles. The van der Waals surface area contributed by atoms with Gasteiger partial charge < -0.3 is 14.1 Å². The zero-order valence-corrected chi connectivity index (χ0v) is 13.8. The number of fused-ring (bicyclic) bond motifs is 1. The largest absolute Gasteiger partial charge is 0.497 e. The lowest BCUT2D eigenvalue weighted by Gasteiger charge is -2.05. The van der Waals surface area contributed by atoms with Gasteiger partial charge in [-0.3, -0.25) is 0 Å². The first kappa shape index (κ1) is 14.7. The van der Waals surface area contributed by atoms with Crippen LogP contribution >= 0.6 is 12.2 Å². The second-order valence-electron chi connectivity index (χ2n) is 5.36. The molecule has 0 saturated carbocycles. The van der Waals surface area contributed by atoms with Gasteiger partial charge >= 0.3 is 0 Å². The third kappa shape index (κ3) is 2.70. The van der Waals surface area contributed by atoms with Crippen LogP contribution in [0.25, 0.3) is 33.7 Å². The maximum atomic E-state index is 5.91. The minimum atomic E-state index is 0.416. The summed E-state index contributed by atoms with van der Waals surface area (Å²) in [6, 6.07) is 19.5. The van der Waals surface area contributed by atoms with Crippen molar-refractivity contribution < 1.29 is 9.15 Å². The predicted molar refractivity (Wildman–Crippen MR) is 96.6 cm³/mol. The SMILES string of the molecule is COc1ccc(-c2cc(-c3cc4ccccc4o3)[nH]c(=S)n2)cc1. The Bertz CT molecular complexity index is 1030. The first-order chi connectivity index (χ1) is 11.7. The minimum Gasteiger partial charge on any atom is -0.497 e. The Morgan fingerprint density at radius 1 is 1.04 bits per heavy atom. The van der Waals surface area contributed by atoms with E-state index in [9.17, 15) is 0 Å². The molecule has 0 spiro atoms. The van der Waals surface area contributed by atoms with Crippen LogP contribution in [0.15, 0.2) is 65.1 Å². The summed E-state index contributed by atoms with van der Waals surface area (Å²) < 4.78 is 11.5. The molecule has 0 aliphatic carbocycles. The van der Waals surface area contributed by atoms with Gasteiger partial charge in [0.2, 0.25) is 0 Å². The molecule has 5 heteroatoms. The summed E-state index contributed by atoms with van der Waals surface area (Å²) >= 11 is 5.28. The number of benzene rings is 2. The Morgan fingerprint density at radius 3 is 2.58 bits per heavy atom. The van der Waals surface area contributed by atoms with Crippen molar-refractivity contribution in [2.24, 2.45) is 0 Å². The smallest absolute Gasteiger partial charge is 0.197 e. The Labute approximate surface area is 143 Å². The molecule has 24 heavy (non-hydrogen) atoms. The number of H-pyrrole nitrogens is 1. The third-order valence-electron chi connectivity index (χ3n) is 3.82. The van der Waals surface area contributed by atoms with Crippen molar-refractivity contribution in [3.63, 3.8) is 0 Å². The molecule has 1 N–H and O–H groups in total. The van der Waals surface area contributed by atoms with Gasteiger partial charge in [0.05, 0.1) is 18.5 Å². The summed E-state index contributed by atoms with van der Waals surface area (Å²) in [6.45, 7) is 0. The monoisotopic (exact) mass is 334 g/mol. The van der Waals surface area contributed by atoms with E-state index in [0.29, 0.717) is 4.77 Å². The highest BCUT2D eigenvalue weighted by atomic mass is 32.1. The molecule has 118 valence electrons. The lowest BCUT2D eigenvalue weighted by molar-refractivity contribution is 0.415. The lowest BCUT2D eigenvalue weighted by atomic mass is 10.1. The average molecular weight is 334 g/mol. The zero-order chi connectivity index (χ0) is 16.5. The van der Waals surface area contributed by atoms with E-state index in [1.54, 1.807) is 7.11 Å². The molecule has 0 fully saturated rings. The fourth-order valence-corrected chi connectivity index (χ4v) is 2.82. The van der Waals surface area contributed by atoms with Gasteiger partial charge in [-0.2, -0.15) is 0 Å². The average Bonchev–Trinajstić information content (AvgIpc) is 3.05. The maximum absolute atomic E-state index is 5.91. The molecule has 0 amide bonds. The molecular weight excluding hydrogens is 320 g/mol. The fraction of sp³-hybridized carbons (Fsp3) is 0.0526. The van der Waals surface area contributed by atoms with Crippen molar-refractivity contribution in [2.45, 2.75) is 0 Å². The van der Waals surface area contributed by atoms with Crippen LogP contribution in [-0.2, 0) is 0 Å². The quantitative estimate of drug-likeness (QED) is 0.521. The zero-order valence-electron chi connectivity index (χ0n) is 12.9. The van der Waals surface area contributed by atoms with Crippen molar-refractivity contribution in [3.8, 4) is 28.5 Å². The number of aromatic amines is 1. The molecule has 4 aromatic rings. The van der Waals surface area contributed by atoms with Gasteiger partial charge in [-0.05, 0) is 54.7 Å². The van der Waals surface area contributed by atoms with E-state index in [1.807, 2.05) is 60.7 Å². The summed E-state index contributed by atoms with van der Waals surface area (Å²) in [7, 11) is 1.64. The lowest BCUT2D eigenvalue weighted by Crippen LogP contribution is -1.91. The van der Waals surface area contributed by atoms with Gasteiger partial charge in [0.1, 0.15) is 11.3 Å². The molecule has 2 heterocycles. The number of hydrogen-bond donors (Lipinski definition) is 1. The summed E-state index contributed by atoms with van der Waals surface area (Å²) in [5, 5.41) is 1.05. The Morgan fingerprint density at radius 2 is 1.83 bits per heavy atom. The van der Waals surface area contributed by atoms with E-state index in [-0.39, 0.29) is 0 Å². The summed E-state index contributed by atoms with van der Waals surface area (Å²) in [5.41, 5.74) is 3.40. The highest BCUT2D eigenvalue weighted by Gasteiger charge is 2.09. The number of furan rings is 1. The molecule has 0 bridgehead atoms. The van der Waals surface area contributed by atoms with Crippen molar-refractivity contribution in [2.75, 3.05) is 7.11 Å². The van der Waals surface area contributed by atoms with Crippen LogP contribution in [0.2, 0.25) is 0 Å². The van der Waals surface area contributed by atoms with Gasteiger partial charge in [0, 0.05) is 10.9 Å². The van der Waals surface area contributed by atoms with Crippen LogP contribution in [0, 0.1) is 4.77 Å². The molecular formula is C19H14N2O2S. The summed E-state index contributed by atoms with van der Waals surface area (Å²) in [5.74, 6) is 1.54. The number of nitrogens with zero attached hydrogens (tertiary/aromatic N) is 1. The number of rotatable bonds is 3. The van der Waals surface area contributed by atoms with Gasteiger partial charge in [-0.25, -0.2) is 4.98 Å². The molecule has 0 unspecified atom stereocenters. The molecule has 2 aromatic heterocycles. The van der Waals surface area contributed by atoms with Crippen molar-refractivity contribution in [1.29, 1.82) is 0 Å². The second kappa shape index (κ2) is 5.94. The van der Waals surface area contributed by atoms with Crippen molar-refractivity contribution in [1.82, 2.24) is 9.97 Å². The van der Waals surface area contributed by atoms with Crippen LogP contribution in [0.3, 0.4) is 0 Å². The highest BCUT2D eigenvalue weighted by Crippen LogP contribution is 2.29. The van der Waals surface area contributed by atoms with Crippen LogP contribution in [0.1, 0.15) is 0 Å². The summed E-state index contributed by atoms with van der Waals surface area (Å²) in [4.78, 5) is 7.52. The Hall–Kier alpha value is -2.92. The normalized spacial score (nSPS) is 10.9. The first-order valence-corrected chi connectivity index (χ1v) is 7.88. The van der Waals surface area contributed by atoms with Crippen molar-refractivity contribution >= 4 is 23.2 Å². The van der Waals surface area contributed by atoms with Gasteiger partial charge in [-0.15, -0.1) is 0 Å². The van der Waals surface area contributed by atoms with Crippen molar-refractivity contribution in [3.05, 3.63) is 65.4 Å². The molecule has 0 atom stereocenters.